The Morgan fingerprint density at radius 3 is 2.75 bits per heavy atom. The zero-order valence-electron chi connectivity index (χ0n) is 11.4. The predicted molar refractivity (Wildman–Crippen MR) is 75.4 cm³/mol. The second kappa shape index (κ2) is 5.41. The molecule has 0 spiro atoms. The molecule has 3 N–H and O–H groups in total. The van der Waals surface area contributed by atoms with Gasteiger partial charge in [-0.1, -0.05) is 12.8 Å². The number of aromatic nitrogens is 5. The van der Waals surface area contributed by atoms with Gasteiger partial charge in [-0.15, -0.1) is 0 Å². The summed E-state index contributed by atoms with van der Waals surface area (Å²) in [4.78, 5) is 19.2. The average Bonchev–Trinajstić information content (AvgIpc) is 3.18. The van der Waals surface area contributed by atoms with E-state index in [9.17, 15) is 0 Å². The summed E-state index contributed by atoms with van der Waals surface area (Å²) in [5, 5.41) is 0. The fraction of sp³-hybridized carbons (Fsp3) is 0.500. The highest BCUT2D eigenvalue weighted by Crippen LogP contribution is 2.25. The van der Waals surface area contributed by atoms with E-state index in [1.54, 1.807) is 23.3 Å². The third kappa shape index (κ3) is 2.42. The number of imidazole rings is 1. The Bertz CT molecular complexity index is 561. The third-order valence-electron chi connectivity index (χ3n) is 3.66. The first-order valence-corrected chi connectivity index (χ1v) is 6.72. The van der Waals surface area contributed by atoms with E-state index in [0.717, 1.165) is 0 Å². The molecule has 0 unspecified atom stereocenters. The van der Waals surface area contributed by atoms with Crippen LogP contribution < -0.4 is 16.2 Å². The van der Waals surface area contributed by atoms with Gasteiger partial charge in [0.1, 0.15) is 6.33 Å². The minimum atomic E-state index is 0.351. The van der Waals surface area contributed by atoms with Crippen molar-refractivity contribution in [1.29, 1.82) is 0 Å². The molecule has 0 aliphatic heterocycles. The Labute approximate surface area is 117 Å². The van der Waals surface area contributed by atoms with Crippen molar-refractivity contribution in [2.24, 2.45) is 5.84 Å². The Morgan fingerprint density at radius 1 is 1.30 bits per heavy atom. The average molecular weight is 274 g/mol. The SMILES string of the molecule is CN(c1nc(NN)nc(-n2ccnc2)n1)C1CCCC1. The fourth-order valence-corrected chi connectivity index (χ4v) is 2.52. The lowest BCUT2D eigenvalue weighted by Gasteiger charge is -2.24. The largest absolute Gasteiger partial charge is 0.341 e. The summed E-state index contributed by atoms with van der Waals surface area (Å²) in [6.45, 7) is 0. The van der Waals surface area contributed by atoms with Crippen molar-refractivity contribution < 1.29 is 0 Å². The van der Waals surface area contributed by atoms with Crippen LogP contribution in [0.3, 0.4) is 0 Å². The Hall–Kier alpha value is -2.22. The monoisotopic (exact) mass is 274 g/mol. The van der Waals surface area contributed by atoms with E-state index in [2.05, 4.69) is 30.3 Å². The number of nitrogen functional groups attached to an aromatic ring is 1. The van der Waals surface area contributed by atoms with Crippen LogP contribution in [0.25, 0.3) is 5.95 Å². The molecule has 1 fully saturated rings. The van der Waals surface area contributed by atoms with E-state index in [-0.39, 0.29) is 0 Å². The first-order chi connectivity index (χ1) is 9.78. The van der Waals surface area contributed by atoms with Crippen molar-refractivity contribution in [3.8, 4) is 5.95 Å². The number of hydrogen-bond donors (Lipinski definition) is 2. The van der Waals surface area contributed by atoms with Crippen LogP contribution in [0, 0.1) is 0 Å². The highest BCUT2D eigenvalue weighted by atomic mass is 15.4. The van der Waals surface area contributed by atoms with Crippen molar-refractivity contribution >= 4 is 11.9 Å². The zero-order chi connectivity index (χ0) is 13.9. The number of nitrogens with two attached hydrogens (primary N) is 1. The van der Waals surface area contributed by atoms with Crippen molar-refractivity contribution in [2.45, 2.75) is 31.7 Å². The van der Waals surface area contributed by atoms with Gasteiger partial charge in [-0.3, -0.25) is 9.99 Å². The molecule has 0 aromatic carbocycles. The van der Waals surface area contributed by atoms with Crippen molar-refractivity contribution in [1.82, 2.24) is 24.5 Å². The molecule has 2 aromatic rings. The fourth-order valence-electron chi connectivity index (χ4n) is 2.52. The van der Waals surface area contributed by atoms with Crippen LogP contribution >= 0.6 is 0 Å². The molecule has 8 heteroatoms. The Kier molecular flexibility index (Phi) is 3.46. The summed E-state index contributed by atoms with van der Waals surface area (Å²) >= 11 is 0. The number of nitrogens with one attached hydrogen (secondary N) is 1. The molecule has 0 atom stereocenters. The van der Waals surface area contributed by atoms with Crippen LogP contribution in [-0.2, 0) is 0 Å². The second-order valence-corrected chi connectivity index (χ2v) is 4.92. The predicted octanol–water partition coefficient (Wildman–Crippen LogP) is 0.722. The van der Waals surface area contributed by atoms with E-state index >= 15 is 0 Å². The standard InChI is InChI=1S/C12H18N8/c1-19(9-4-2-3-5-9)11-15-10(18-13)16-12(17-11)20-7-6-14-8-20/h6-9H,2-5,13H2,1H3,(H,15,16,17,18). The molecular weight excluding hydrogens is 256 g/mol. The minimum Gasteiger partial charge on any atom is -0.341 e. The number of nitrogens with zero attached hydrogens (tertiary/aromatic N) is 6. The van der Waals surface area contributed by atoms with Gasteiger partial charge < -0.3 is 4.90 Å². The van der Waals surface area contributed by atoms with E-state index in [1.165, 1.54) is 25.7 Å². The van der Waals surface area contributed by atoms with Crippen LogP contribution in [0.2, 0.25) is 0 Å². The normalized spacial score (nSPS) is 15.5. The van der Waals surface area contributed by atoms with Crippen molar-refractivity contribution in [3.05, 3.63) is 18.7 Å². The van der Waals surface area contributed by atoms with Gasteiger partial charge in [0, 0.05) is 25.5 Å². The quantitative estimate of drug-likeness (QED) is 0.626. The van der Waals surface area contributed by atoms with Crippen LogP contribution in [0.5, 0.6) is 0 Å². The molecule has 1 saturated carbocycles. The van der Waals surface area contributed by atoms with Crippen LogP contribution in [-0.4, -0.2) is 37.6 Å². The lowest BCUT2D eigenvalue weighted by Crippen LogP contribution is -2.31. The molecular formula is C12H18N8. The third-order valence-corrected chi connectivity index (χ3v) is 3.66. The number of hydrogen-bond acceptors (Lipinski definition) is 7. The first-order valence-electron chi connectivity index (χ1n) is 6.72. The van der Waals surface area contributed by atoms with Gasteiger partial charge in [0.25, 0.3) is 0 Å². The van der Waals surface area contributed by atoms with Gasteiger partial charge in [-0.25, -0.2) is 10.8 Å². The van der Waals surface area contributed by atoms with Gasteiger partial charge >= 0.3 is 0 Å². The topological polar surface area (TPSA) is 97.8 Å². The highest BCUT2D eigenvalue weighted by molar-refractivity contribution is 5.40. The first kappa shape index (κ1) is 12.8. The molecule has 0 bridgehead atoms. The molecule has 106 valence electrons. The maximum absolute atomic E-state index is 5.45. The Morgan fingerprint density at radius 2 is 2.10 bits per heavy atom. The maximum atomic E-state index is 5.45. The summed E-state index contributed by atoms with van der Waals surface area (Å²) in [6, 6.07) is 0.485. The molecule has 8 nitrogen and oxygen atoms in total. The summed E-state index contributed by atoms with van der Waals surface area (Å²) in [5.74, 6) is 6.93. The molecule has 0 saturated heterocycles. The van der Waals surface area contributed by atoms with Gasteiger partial charge in [0.15, 0.2) is 0 Å². The molecule has 0 radical (unpaired) electrons. The Balaban J connectivity index is 1.95. The van der Waals surface area contributed by atoms with Crippen molar-refractivity contribution in [3.63, 3.8) is 0 Å². The summed E-state index contributed by atoms with van der Waals surface area (Å²) in [7, 11) is 2.02. The lowest BCUT2D eigenvalue weighted by molar-refractivity contribution is 0.635. The van der Waals surface area contributed by atoms with E-state index in [0.29, 0.717) is 23.9 Å². The highest BCUT2D eigenvalue weighted by Gasteiger charge is 2.22. The van der Waals surface area contributed by atoms with E-state index in [4.69, 9.17) is 5.84 Å². The minimum absolute atomic E-state index is 0.351. The van der Waals surface area contributed by atoms with Gasteiger partial charge in [-0.05, 0) is 12.8 Å². The van der Waals surface area contributed by atoms with Crippen LogP contribution in [0.1, 0.15) is 25.7 Å². The van der Waals surface area contributed by atoms with Gasteiger partial charge in [0.2, 0.25) is 17.8 Å². The smallest absolute Gasteiger partial charge is 0.243 e. The maximum Gasteiger partial charge on any atom is 0.243 e. The van der Waals surface area contributed by atoms with Crippen molar-refractivity contribution in [2.75, 3.05) is 17.4 Å². The molecule has 20 heavy (non-hydrogen) atoms. The zero-order valence-corrected chi connectivity index (χ0v) is 11.4. The van der Waals surface area contributed by atoms with Gasteiger partial charge in [0.05, 0.1) is 0 Å². The molecule has 0 amide bonds. The molecule has 3 rings (SSSR count). The summed E-state index contributed by atoms with van der Waals surface area (Å²) in [6.07, 6.45) is 9.98. The molecule has 1 aliphatic carbocycles. The number of rotatable bonds is 4. The lowest BCUT2D eigenvalue weighted by atomic mass is 10.2. The van der Waals surface area contributed by atoms with E-state index in [1.807, 2.05) is 7.05 Å². The van der Waals surface area contributed by atoms with Crippen LogP contribution in [0.4, 0.5) is 11.9 Å². The van der Waals surface area contributed by atoms with Crippen LogP contribution in [0.15, 0.2) is 18.7 Å². The number of hydrazine groups is 1. The molecule has 2 heterocycles. The number of anilines is 2. The summed E-state index contributed by atoms with van der Waals surface area (Å²) in [5.41, 5.74) is 2.49. The molecule has 2 aromatic heterocycles. The summed E-state index contributed by atoms with van der Waals surface area (Å²) < 4.78 is 1.73. The van der Waals surface area contributed by atoms with E-state index < -0.39 is 0 Å². The second-order valence-electron chi connectivity index (χ2n) is 4.92. The molecule has 1 aliphatic rings. The van der Waals surface area contributed by atoms with Gasteiger partial charge in [-0.2, -0.15) is 15.0 Å².